The summed E-state index contributed by atoms with van der Waals surface area (Å²) in [6.07, 6.45) is 3.50. The van der Waals surface area contributed by atoms with Gasteiger partial charge in [-0.25, -0.2) is 0 Å². The molecule has 0 saturated carbocycles. The SMILES string of the molecule is C=C(C(=O)Nc1cc2ccncc2s1)c1ccc(CO)cc1. The lowest BCUT2D eigenvalue weighted by Gasteiger charge is -2.06. The molecule has 1 amide bonds. The Kier molecular flexibility index (Phi) is 4.00. The largest absolute Gasteiger partial charge is 0.392 e. The topological polar surface area (TPSA) is 62.2 Å². The zero-order valence-electron chi connectivity index (χ0n) is 11.7. The van der Waals surface area contributed by atoms with Crippen LogP contribution in [0.3, 0.4) is 0 Å². The molecule has 0 bridgehead atoms. The van der Waals surface area contributed by atoms with Crippen LogP contribution in [-0.4, -0.2) is 16.0 Å². The average Bonchev–Trinajstić information content (AvgIpc) is 2.96. The van der Waals surface area contributed by atoms with E-state index in [1.54, 1.807) is 36.7 Å². The molecule has 0 aliphatic heterocycles. The summed E-state index contributed by atoms with van der Waals surface area (Å²) in [7, 11) is 0. The molecule has 3 rings (SSSR count). The van der Waals surface area contributed by atoms with E-state index in [1.165, 1.54) is 11.3 Å². The summed E-state index contributed by atoms with van der Waals surface area (Å²) in [5, 5.41) is 13.7. The van der Waals surface area contributed by atoms with Gasteiger partial charge in [-0.3, -0.25) is 9.78 Å². The molecule has 22 heavy (non-hydrogen) atoms. The first-order valence-electron chi connectivity index (χ1n) is 6.71. The molecule has 0 atom stereocenters. The van der Waals surface area contributed by atoms with Gasteiger partial charge < -0.3 is 10.4 Å². The van der Waals surface area contributed by atoms with Crippen molar-refractivity contribution in [3.05, 3.63) is 66.5 Å². The Bertz CT molecular complexity index is 804. The third-order valence-corrected chi connectivity index (χ3v) is 4.32. The molecule has 0 saturated heterocycles. The highest BCUT2D eigenvalue weighted by molar-refractivity contribution is 7.23. The highest BCUT2D eigenvalue weighted by Crippen LogP contribution is 2.29. The van der Waals surface area contributed by atoms with E-state index in [1.807, 2.05) is 12.1 Å². The second kappa shape index (κ2) is 6.09. The molecule has 0 radical (unpaired) electrons. The van der Waals surface area contributed by atoms with Crippen LogP contribution in [0.15, 0.2) is 55.4 Å². The Hall–Kier alpha value is -2.50. The minimum absolute atomic E-state index is 0.0191. The number of hydrogen-bond donors (Lipinski definition) is 2. The second-order valence-electron chi connectivity index (χ2n) is 4.81. The Morgan fingerprint density at radius 3 is 2.73 bits per heavy atom. The highest BCUT2D eigenvalue weighted by atomic mass is 32.1. The van der Waals surface area contributed by atoms with Gasteiger partial charge in [0.15, 0.2) is 0 Å². The molecule has 2 aromatic heterocycles. The standard InChI is InChI=1S/C17H14N2O2S/c1-11(13-4-2-12(10-20)3-5-13)17(21)19-16-8-14-6-7-18-9-15(14)22-16/h2-9,20H,1,10H2,(H,19,21). The number of nitrogens with zero attached hydrogens (tertiary/aromatic N) is 1. The molecular formula is C17H14N2O2S. The van der Waals surface area contributed by atoms with Gasteiger partial charge >= 0.3 is 0 Å². The number of fused-ring (bicyclic) bond motifs is 1. The molecule has 2 heterocycles. The van der Waals surface area contributed by atoms with Crippen molar-refractivity contribution in [2.75, 3.05) is 5.32 Å². The predicted octanol–water partition coefficient (Wildman–Crippen LogP) is 3.44. The molecule has 110 valence electrons. The van der Waals surface area contributed by atoms with Crippen molar-refractivity contribution < 1.29 is 9.90 Å². The van der Waals surface area contributed by atoms with E-state index in [2.05, 4.69) is 16.9 Å². The summed E-state index contributed by atoms with van der Waals surface area (Å²) in [6.45, 7) is 3.83. The van der Waals surface area contributed by atoms with Crippen LogP contribution < -0.4 is 5.32 Å². The van der Waals surface area contributed by atoms with Crippen LogP contribution in [-0.2, 0) is 11.4 Å². The zero-order chi connectivity index (χ0) is 15.5. The monoisotopic (exact) mass is 310 g/mol. The molecule has 0 unspecified atom stereocenters. The minimum atomic E-state index is -0.240. The van der Waals surface area contributed by atoms with Gasteiger partial charge in [0, 0.05) is 18.0 Å². The maximum absolute atomic E-state index is 12.3. The number of amides is 1. The molecule has 4 nitrogen and oxygen atoms in total. The number of benzene rings is 1. The molecule has 0 aliphatic rings. The summed E-state index contributed by atoms with van der Waals surface area (Å²) >= 11 is 1.48. The molecule has 3 aromatic rings. The van der Waals surface area contributed by atoms with E-state index in [0.29, 0.717) is 5.57 Å². The first-order chi connectivity index (χ1) is 10.7. The lowest BCUT2D eigenvalue weighted by Crippen LogP contribution is -2.11. The fraction of sp³-hybridized carbons (Fsp3) is 0.0588. The normalized spacial score (nSPS) is 10.6. The number of aliphatic hydroxyl groups excluding tert-OH is 1. The molecule has 0 spiro atoms. The smallest absolute Gasteiger partial charge is 0.256 e. The van der Waals surface area contributed by atoms with Crippen LogP contribution in [0.1, 0.15) is 11.1 Å². The fourth-order valence-corrected chi connectivity index (χ4v) is 3.00. The van der Waals surface area contributed by atoms with E-state index in [4.69, 9.17) is 5.11 Å². The predicted molar refractivity (Wildman–Crippen MR) is 89.6 cm³/mol. The van der Waals surface area contributed by atoms with Gasteiger partial charge in [0.25, 0.3) is 5.91 Å². The fourth-order valence-electron chi connectivity index (χ4n) is 2.08. The summed E-state index contributed by atoms with van der Waals surface area (Å²) in [5.41, 5.74) is 1.92. The van der Waals surface area contributed by atoms with Crippen LogP contribution in [0.2, 0.25) is 0 Å². The van der Waals surface area contributed by atoms with Crippen molar-refractivity contribution in [1.82, 2.24) is 4.98 Å². The van der Waals surface area contributed by atoms with Crippen LogP contribution in [0.5, 0.6) is 0 Å². The summed E-state index contributed by atoms with van der Waals surface area (Å²) in [4.78, 5) is 16.3. The van der Waals surface area contributed by atoms with Crippen LogP contribution in [0, 0.1) is 0 Å². The number of carbonyl (C=O) groups excluding carboxylic acids is 1. The second-order valence-corrected chi connectivity index (χ2v) is 5.90. The van der Waals surface area contributed by atoms with Gasteiger partial charge in [0.1, 0.15) is 0 Å². The maximum Gasteiger partial charge on any atom is 0.256 e. The van der Waals surface area contributed by atoms with Gasteiger partial charge in [0.2, 0.25) is 0 Å². The van der Waals surface area contributed by atoms with E-state index in [-0.39, 0.29) is 12.5 Å². The average molecular weight is 310 g/mol. The van der Waals surface area contributed by atoms with Crippen molar-refractivity contribution in [3.63, 3.8) is 0 Å². The van der Waals surface area contributed by atoms with Gasteiger partial charge in [-0.15, -0.1) is 11.3 Å². The number of pyridine rings is 1. The number of hydrogen-bond acceptors (Lipinski definition) is 4. The third kappa shape index (κ3) is 2.90. The third-order valence-electron chi connectivity index (χ3n) is 3.32. The number of rotatable bonds is 4. The zero-order valence-corrected chi connectivity index (χ0v) is 12.6. The van der Waals surface area contributed by atoms with E-state index < -0.39 is 0 Å². The minimum Gasteiger partial charge on any atom is -0.392 e. The quantitative estimate of drug-likeness (QED) is 0.726. The van der Waals surface area contributed by atoms with E-state index in [0.717, 1.165) is 26.2 Å². The van der Waals surface area contributed by atoms with Gasteiger partial charge in [-0.2, -0.15) is 0 Å². The number of thiophene rings is 1. The van der Waals surface area contributed by atoms with Crippen molar-refractivity contribution in [2.45, 2.75) is 6.61 Å². The lowest BCUT2D eigenvalue weighted by atomic mass is 10.1. The summed E-state index contributed by atoms with van der Waals surface area (Å²) in [6, 6.07) is 10.9. The van der Waals surface area contributed by atoms with Crippen molar-refractivity contribution in [2.24, 2.45) is 0 Å². The molecular weight excluding hydrogens is 296 g/mol. The number of anilines is 1. The van der Waals surface area contributed by atoms with Gasteiger partial charge in [0.05, 0.1) is 16.3 Å². The molecule has 0 fully saturated rings. The Morgan fingerprint density at radius 2 is 2.05 bits per heavy atom. The van der Waals surface area contributed by atoms with Crippen molar-refractivity contribution >= 4 is 37.9 Å². The molecule has 2 N–H and O–H groups in total. The van der Waals surface area contributed by atoms with Crippen LogP contribution in [0.25, 0.3) is 15.7 Å². The Labute approximate surface area is 131 Å². The van der Waals surface area contributed by atoms with E-state index >= 15 is 0 Å². The van der Waals surface area contributed by atoms with Gasteiger partial charge in [-0.1, -0.05) is 30.8 Å². The summed E-state index contributed by atoms with van der Waals surface area (Å²) in [5.74, 6) is -0.240. The Morgan fingerprint density at radius 1 is 1.27 bits per heavy atom. The summed E-state index contributed by atoms with van der Waals surface area (Å²) < 4.78 is 1.02. The Balaban J connectivity index is 1.76. The maximum atomic E-state index is 12.3. The van der Waals surface area contributed by atoms with Crippen LogP contribution >= 0.6 is 11.3 Å². The first kappa shape index (κ1) is 14.4. The molecule has 0 aliphatic carbocycles. The molecule has 1 aromatic carbocycles. The van der Waals surface area contributed by atoms with E-state index in [9.17, 15) is 4.79 Å². The molecule has 5 heteroatoms. The van der Waals surface area contributed by atoms with Crippen molar-refractivity contribution in [1.29, 1.82) is 0 Å². The van der Waals surface area contributed by atoms with Crippen LogP contribution in [0.4, 0.5) is 5.00 Å². The number of carbonyl (C=O) groups is 1. The number of nitrogens with one attached hydrogen (secondary N) is 1. The lowest BCUT2D eigenvalue weighted by molar-refractivity contribution is -0.111. The first-order valence-corrected chi connectivity index (χ1v) is 7.53. The number of aliphatic hydroxyl groups is 1. The highest BCUT2D eigenvalue weighted by Gasteiger charge is 2.11. The van der Waals surface area contributed by atoms with Crippen molar-refractivity contribution in [3.8, 4) is 0 Å². The van der Waals surface area contributed by atoms with Gasteiger partial charge in [-0.05, 0) is 28.6 Å². The number of aromatic nitrogens is 1.